The molecule has 136 valence electrons. The molecule has 26 heavy (non-hydrogen) atoms. The Morgan fingerprint density at radius 1 is 1.08 bits per heavy atom. The third-order valence-corrected chi connectivity index (χ3v) is 5.13. The van der Waals surface area contributed by atoms with E-state index in [0.29, 0.717) is 22.0 Å². The minimum absolute atomic E-state index is 0.144. The van der Waals surface area contributed by atoms with Crippen LogP contribution >= 0.6 is 11.3 Å². The van der Waals surface area contributed by atoms with Gasteiger partial charge in [-0.1, -0.05) is 23.5 Å². The standard InChI is InChI=1S/C19H20N2O4S/c1-21-13-7-5-6-8-16(13)26-19(21)20-17(22)11-12-9-14(23-2)18(25-4)15(10-12)24-3/h5-10H,11H2,1-4H3. The van der Waals surface area contributed by atoms with E-state index in [1.165, 1.54) is 11.3 Å². The van der Waals surface area contributed by atoms with Crippen LogP contribution < -0.4 is 19.0 Å². The third kappa shape index (κ3) is 3.43. The van der Waals surface area contributed by atoms with Crippen molar-refractivity contribution in [1.82, 2.24) is 4.57 Å². The van der Waals surface area contributed by atoms with Crippen LogP contribution in [0.3, 0.4) is 0 Å². The number of benzene rings is 2. The molecule has 1 heterocycles. The number of carbonyl (C=O) groups is 1. The monoisotopic (exact) mass is 372 g/mol. The summed E-state index contributed by atoms with van der Waals surface area (Å²) in [6.07, 6.45) is 0.144. The van der Waals surface area contributed by atoms with Gasteiger partial charge in [0.2, 0.25) is 5.75 Å². The fourth-order valence-electron chi connectivity index (χ4n) is 2.75. The molecule has 0 N–H and O–H groups in total. The van der Waals surface area contributed by atoms with E-state index in [9.17, 15) is 4.79 Å². The number of methoxy groups -OCH3 is 3. The van der Waals surface area contributed by atoms with Crippen LogP contribution in [0.1, 0.15) is 5.56 Å². The highest BCUT2D eigenvalue weighted by atomic mass is 32.1. The highest BCUT2D eigenvalue weighted by Crippen LogP contribution is 2.38. The molecule has 1 amide bonds. The highest BCUT2D eigenvalue weighted by Gasteiger charge is 2.15. The molecular weight excluding hydrogens is 352 g/mol. The summed E-state index contributed by atoms with van der Waals surface area (Å²) in [5.74, 6) is 1.30. The molecule has 2 aromatic carbocycles. The Labute approximate surface area is 155 Å². The number of amides is 1. The number of rotatable bonds is 5. The normalized spacial score (nSPS) is 11.6. The molecule has 0 fully saturated rings. The summed E-state index contributed by atoms with van der Waals surface area (Å²) < 4.78 is 19.0. The molecule has 0 saturated carbocycles. The Balaban J connectivity index is 1.93. The zero-order valence-electron chi connectivity index (χ0n) is 15.1. The number of fused-ring (bicyclic) bond motifs is 1. The summed E-state index contributed by atoms with van der Waals surface area (Å²) in [7, 11) is 6.54. The van der Waals surface area contributed by atoms with Gasteiger partial charge in [0.1, 0.15) is 0 Å². The van der Waals surface area contributed by atoms with E-state index in [0.717, 1.165) is 15.8 Å². The van der Waals surface area contributed by atoms with Crippen LogP contribution in [0.2, 0.25) is 0 Å². The van der Waals surface area contributed by atoms with E-state index in [1.54, 1.807) is 33.5 Å². The van der Waals surface area contributed by atoms with Crippen LogP contribution in [0.4, 0.5) is 0 Å². The van der Waals surface area contributed by atoms with Gasteiger partial charge < -0.3 is 18.8 Å². The second-order valence-electron chi connectivity index (χ2n) is 5.63. The Hall–Kier alpha value is -2.80. The second-order valence-corrected chi connectivity index (χ2v) is 6.64. The van der Waals surface area contributed by atoms with Crippen LogP contribution in [0.15, 0.2) is 41.4 Å². The molecule has 0 saturated heterocycles. The number of aromatic nitrogens is 1. The molecule has 3 aromatic rings. The van der Waals surface area contributed by atoms with Gasteiger partial charge in [0.15, 0.2) is 16.3 Å². The van der Waals surface area contributed by atoms with Gasteiger partial charge in [-0.25, -0.2) is 0 Å². The number of hydrogen-bond acceptors (Lipinski definition) is 5. The van der Waals surface area contributed by atoms with Crippen LogP contribution in [-0.4, -0.2) is 31.8 Å². The van der Waals surface area contributed by atoms with Crippen molar-refractivity contribution in [2.45, 2.75) is 6.42 Å². The molecule has 6 nitrogen and oxygen atoms in total. The van der Waals surface area contributed by atoms with Crippen LogP contribution in [0.25, 0.3) is 10.2 Å². The molecule has 0 unspecified atom stereocenters. The number of hydrogen-bond donors (Lipinski definition) is 0. The highest BCUT2D eigenvalue weighted by molar-refractivity contribution is 7.16. The maximum atomic E-state index is 12.5. The van der Waals surface area contributed by atoms with Gasteiger partial charge >= 0.3 is 0 Å². The van der Waals surface area contributed by atoms with Gasteiger partial charge in [-0.05, 0) is 29.8 Å². The molecule has 0 aliphatic rings. The van der Waals surface area contributed by atoms with Crippen LogP contribution in [-0.2, 0) is 18.3 Å². The van der Waals surface area contributed by atoms with E-state index in [-0.39, 0.29) is 12.3 Å². The van der Waals surface area contributed by atoms with E-state index in [4.69, 9.17) is 14.2 Å². The van der Waals surface area contributed by atoms with E-state index >= 15 is 0 Å². The summed E-state index contributed by atoms with van der Waals surface area (Å²) in [4.78, 5) is 17.4. The van der Waals surface area contributed by atoms with Gasteiger partial charge in [-0.3, -0.25) is 4.79 Å². The first-order valence-corrected chi connectivity index (χ1v) is 8.80. The van der Waals surface area contributed by atoms with Crippen molar-refractivity contribution < 1.29 is 19.0 Å². The SMILES string of the molecule is COc1cc(CC(=O)N=c2sc3ccccc3n2C)cc(OC)c1OC. The van der Waals surface area contributed by atoms with Gasteiger partial charge in [0, 0.05) is 7.05 Å². The van der Waals surface area contributed by atoms with Crippen molar-refractivity contribution in [1.29, 1.82) is 0 Å². The molecule has 3 rings (SSSR count). The van der Waals surface area contributed by atoms with Gasteiger partial charge in [0.25, 0.3) is 5.91 Å². The smallest absolute Gasteiger partial charge is 0.252 e. The molecular formula is C19H20N2O4S. The maximum absolute atomic E-state index is 12.5. The minimum atomic E-state index is -0.235. The number of ether oxygens (including phenoxy) is 3. The number of nitrogens with zero attached hydrogens (tertiary/aromatic N) is 2. The molecule has 1 aromatic heterocycles. The van der Waals surface area contributed by atoms with Crippen LogP contribution in [0.5, 0.6) is 17.2 Å². The first-order valence-electron chi connectivity index (χ1n) is 7.98. The van der Waals surface area contributed by atoms with Crippen molar-refractivity contribution >= 4 is 27.5 Å². The topological polar surface area (TPSA) is 62.0 Å². The van der Waals surface area contributed by atoms with Gasteiger partial charge in [-0.2, -0.15) is 4.99 Å². The first kappa shape index (κ1) is 18.0. The van der Waals surface area contributed by atoms with Crippen molar-refractivity contribution in [3.05, 3.63) is 46.8 Å². The Morgan fingerprint density at radius 3 is 2.31 bits per heavy atom. The predicted molar refractivity (Wildman–Crippen MR) is 101 cm³/mol. The van der Waals surface area contributed by atoms with E-state index in [1.807, 2.05) is 35.9 Å². The molecule has 0 aliphatic carbocycles. The molecule has 0 spiro atoms. The summed E-state index contributed by atoms with van der Waals surface area (Å²) in [6.45, 7) is 0. The third-order valence-electron chi connectivity index (χ3n) is 4.01. The summed E-state index contributed by atoms with van der Waals surface area (Å²) in [5, 5.41) is 0. The lowest BCUT2D eigenvalue weighted by Gasteiger charge is -2.13. The average molecular weight is 372 g/mol. The van der Waals surface area contributed by atoms with Crippen LogP contribution in [0, 0.1) is 0 Å². The predicted octanol–water partition coefficient (Wildman–Crippen LogP) is 2.94. The fraction of sp³-hybridized carbons (Fsp3) is 0.263. The second kappa shape index (κ2) is 7.61. The van der Waals surface area contributed by atoms with Crippen molar-refractivity contribution in [2.24, 2.45) is 12.0 Å². The lowest BCUT2D eigenvalue weighted by molar-refractivity contribution is -0.117. The molecule has 7 heteroatoms. The number of thiazole rings is 1. The van der Waals surface area contributed by atoms with Crippen molar-refractivity contribution in [2.75, 3.05) is 21.3 Å². The number of aryl methyl sites for hydroxylation is 1. The lowest BCUT2D eigenvalue weighted by atomic mass is 10.1. The Bertz CT molecular complexity index is 995. The van der Waals surface area contributed by atoms with Crippen molar-refractivity contribution in [3.8, 4) is 17.2 Å². The average Bonchev–Trinajstić information content (AvgIpc) is 2.96. The molecule has 0 radical (unpaired) electrons. The van der Waals surface area contributed by atoms with Gasteiger partial charge in [0.05, 0.1) is 38.0 Å². The quantitative estimate of drug-likeness (QED) is 0.691. The lowest BCUT2D eigenvalue weighted by Crippen LogP contribution is -2.14. The van der Waals surface area contributed by atoms with Gasteiger partial charge in [-0.15, -0.1) is 0 Å². The molecule has 0 aliphatic heterocycles. The maximum Gasteiger partial charge on any atom is 0.252 e. The van der Waals surface area contributed by atoms with E-state index in [2.05, 4.69) is 4.99 Å². The summed E-state index contributed by atoms with van der Waals surface area (Å²) in [6, 6.07) is 11.5. The molecule has 0 atom stereocenters. The molecule has 0 bridgehead atoms. The Kier molecular flexibility index (Phi) is 5.27. The number of para-hydroxylation sites is 1. The zero-order chi connectivity index (χ0) is 18.7. The van der Waals surface area contributed by atoms with E-state index < -0.39 is 0 Å². The largest absolute Gasteiger partial charge is 0.493 e. The minimum Gasteiger partial charge on any atom is -0.493 e. The van der Waals surface area contributed by atoms with Crippen molar-refractivity contribution in [3.63, 3.8) is 0 Å². The Morgan fingerprint density at radius 2 is 1.73 bits per heavy atom. The number of carbonyl (C=O) groups excluding carboxylic acids is 1. The first-order chi connectivity index (χ1) is 12.6. The zero-order valence-corrected chi connectivity index (χ0v) is 15.9. The fourth-order valence-corrected chi connectivity index (χ4v) is 3.78. The summed E-state index contributed by atoms with van der Waals surface area (Å²) >= 11 is 1.49. The summed E-state index contributed by atoms with van der Waals surface area (Å²) in [5.41, 5.74) is 1.80.